The van der Waals surface area contributed by atoms with Gasteiger partial charge >= 0.3 is 12.3 Å². The average Bonchev–Trinajstić information content (AvgIpc) is 2.86. The van der Waals surface area contributed by atoms with Crippen LogP contribution < -0.4 is 5.32 Å². The first kappa shape index (κ1) is 15.4. The lowest BCUT2D eigenvalue weighted by Gasteiger charge is -2.26. The van der Waals surface area contributed by atoms with E-state index in [1.807, 2.05) is 0 Å². The molecule has 4 nitrogen and oxygen atoms in total. The summed E-state index contributed by atoms with van der Waals surface area (Å²) in [5, 5.41) is 2.68. The van der Waals surface area contributed by atoms with Crippen LogP contribution in [0.5, 0.6) is 0 Å². The number of ether oxygens (including phenoxy) is 1. The number of likely N-dealkylation sites (tertiary alicyclic amines) is 1. The molecule has 0 radical (unpaired) electrons. The molecule has 1 saturated heterocycles. The lowest BCUT2D eigenvalue weighted by Crippen LogP contribution is -2.50. The topological polar surface area (TPSA) is 41.6 Å². The van der Waals surface area contributed by atoms with Crippen LogP contribution in [0.25, 0.3) is 0 Å². The van der Waals surface area contributed by atoms with Crippen LogP contribution in [-0.2, 0) is 4.74 Å². The predicted octanol–water partition coefficient (Wildman–Crippen LogP) is 2.68. The van der Waals surface area contributed by atoms with Crippen molar-refractivity contribution >= 4 is 6.09 Å². The summed E-state index contributed by atoms with van der Waals surface area (Å²) in [4.78, 5) is 13.3. The summed E-state index contributed by atoms with van der Waals surface area (Å²) in [7, 11) is 0. The van der Waals surface area contributed by atoms with Crippen LogP contribution in [0.2, 0.25) is 0 Å². The average molecular weight is 294 g/mol. The van der Waals surface area contributed by atoms with Gasteiger partial charge in [0, 0.05) is 19.1 Å². The zero-order valence-electron chi connectivity index (χ0n) is 12.0. The van der Waals surface area contributed by atoms with Crippen LogP contribution >= 0.6 is 0 Å². The summed E-state index contributed by atoms with van der Waals surface area (Å²) in [6.45, 7) is 5.99. The van der Waals surface area contributed by atoms with Gasteiger partial charge in [-0.05, 0) is 40.0 Å². The third kappa shape index (κ3) is 3.37. The number of carbonyl (C=O) groups is 1. The number of rotatable bonds is 2. The Kier molecular flexibility index (Phi) is 3.69. The molecule has 0 bridgehead atoms. The van der Waals surface area contributed by atoms with Gasteiger partial charge in [0.2, 0.25) is 0 Å². The Hall–Kier alpha value is -0.980. The van der Waals surface area contributed by atoms with Crippen LogP contribution in [0.3, 0.4) is 0 Å². The molecule has 2 aliphatic rings. The molecule has 1 aliphatic heterocycles. The zero-order chi connectivity index (χ0) is 15.2. The molecular weight excluding hydrogens is 273 g/mol. The Morgan fingerprint density at radius 1 is 1.30 bits per heavy atom. The molecule has 0 aromatic carbocycles. The molecule has 0 spiro atoms. The Bertz CT molecular complexity index is 386. The molecule has 1 saturated carbocycles. The van der Waals surface area contributed by atoms with E-state index in [-0.39, 0.29) is 25.4 Å². The highest BCUT2D eigenvalue weighted by Gasteiger charge is 2.64. The first-order valence-corrected chi connectivity index (χ1v) is 6.85. The lowest BCUT2D eigenvalue weighted by atomic mass is 10.2. The van der Waals surface area contributed by atoms with E-state index in [0.29, 0.717) is 13.0 Å². The molecule has 1 amide bonds. The van der Waals surface area contributed by atoms with Crippen LogP contribution in [0.4, 0.5) is 18.0 Å². The van der Waals surface area contributed by atoms with E-state index >= 15 is 0 Å². The summed E-state index contributed by atoms with van der Waals surface area (Å²) in [5.41, 5.74) is -2.31. The van der Waals surface area contributed by atoms with Gasteiger partial charge in [-0.2, -0.15) is 13.2 Å². The fraction of sp³-hybridized carbons (Fsp3) is 0.923. The highest BCUT2D eigenvalue weighted by atomic mass is 19.4. The van der Waals surface area contributed by atoms with Crippen LogP contribution in [0.15, 0.2) is 0 Å². The van der Waals surface area contributed by atoms with E-state index in [1.165, 1.54) is 4.90 Å². The molecule has 2 rings (SSSR count). The van der Waals surface area contributed by atoms with E-state index in [2.05, 4.69) is 5.32 Å². The molecule has 0 aromatic rings. The van der Waals surface area contributed by atoms with E-state index in [0.717, 1.165) is 0 Å². The summed E-state index contributed by atoms with van der Waals surface area (Å²) in [5.74, 6) is 0. The van der Waals surface area contributed by atoms with Gasteiger partial charge in [0.05, 0.1) is 0 Å². The van der Waals surface area contributed by atoms with Crippen molar-refractivity contribution in [1.29, 1.82) is 0 Å². The Morgan fingerprint density at radius 2 is 1.90 bits per heavy atom. The minimum atomic E-state index is -4.22. The number of halogens is 3. The molecule has 2 fully saturated rings. The number of alkyl halides is 3. The zero-order valence-corrected chi connectivity index (χ0v) is 12.0. The van der Waals surface area contributed by atoms with E-state index in [9.17, 15) is 18.0 Å². The van der Waals surface area contributed by atoms with Crippen molar-refractivity contribution in [3.8, 4) is 0 Å². The van der Waals surface area contributed by atoms with Crippen molar-refractivity contribution in [2.24, 2.45) is 0 Å². The fourth-order valence-corrected chi connectivity index (χ4v) is 2.40. The van der Waals surface area contributed by atoms with Gasteiger partial charge in [0.1, 0.15) is 11.1 Å². The van der Waals surface area contributed by atoms with Gasteiger partial charge in [-0.1, -0.05) is 0 Å². The third-order valence-electron chi connectivity index (χ3n) is 3.61. The second-order valence-corrected chi connectivity index (χ2v) is 6.64. The highest BCUT2D eigenvalue weighted by Crippen LogP contribution is 2.49. The second-order valence-electron chi connectivity index (χ2n) is 6.64. The molecule has 116 valence electrons. The van der Waals surface area contributed by atoms with Crippen molar-refractivity contribution in [3.05, 3.63) is 0 Å². The molecular formula is C13H21F3N2O2. The Labute approximate surface area is 116 Å². The molecule has 20 heavy (non-hydrogen) atoms. The molecule has 1 unspecified atom stereocenters. The number of amides is 1. The maximum Gasteiger partial charge on any atom is 0.410 e. The van der Waals surface area contributed by atoms with Crippen LogP contribution in [0.1, 0.15) is 40.0 Å². The van der Waals surface area contributed by atoms with Crippen molar-refractivity contribution in [1.82, 2.24) is 10.2 Å². The summed E-state index contributed by atoms with van der Waals surface area (Å²) in [6, 6.07) is -0.313. The molecule has 1 atom stereocenters. The highest BCUT2D eigenvalue weighted by molar-refractivity contribution is 5.68. The van der Waals surface area contributed by atoms with Crippen molar-refractivity contribution in [2.45, 2.75) is 63.4 Å². The van der Waals surface area contributed by atoms with E-state index in [1.54, 1.807) is 20.8 Å². The third-order valence-corrected chi connectivity index (χ3v) is 3.61. The first-order valence-electron chi connectivity index (χ1n) is 6.85. The predicted molar refractivity (Wildman–Crippen MR) is 67.4 cm³/mol. The molecule has 1 N–H and O–H groups in total. The number of hydrogen-bond acceptors (Lipinski definition) is 3. The van der Waals surface area contributed by atoms with Gasteiger partial charge in [0.15, 0.2) is 0 Å². The maximum atomic E-state index is 12.9. The first-order chi connectivity index (χ1) is 9.02. The van der Waals surface area contributed by atoms with Crippen molar-refractivity contribution < 1.29 is 22.7 Å². The van der Waals surface area contributed by atoms with Gasteiger partial charge in [-0.3, -0.25) is 5.32 Å². The Balaban J connectivity index is 1.86. The van der Waals surface area contributed by atoms with E-state index in [4.69, 9.17) is 4.74 Å². The van der Waals surface area contributed by atoms with Gasteiger partial charge < -0.3 is 9.64 Å². The van der Waals surface area contributed by atoms with Crippen LogP contribution in [0, 0.1) is 0 Å². The second kappa shape index (κ2) is 4.79. The standard InChI is InChI=1S/C13H21F3N2O2/c1-11(2,3)20-10(19)18-7-4-9(8-18)17-12(5-6-12)13(14,15)16/h9,17H,4-8H2,1-3H3. The molecule has 7 heteroatoms. The normalized spacial score (nSPS) is 25.7. The molecule has 0 aromatic heterocycles. The van der Waals surface area contributed by atoms with E-state index < -0.39 is 23.4 Å². The summed E-state index contributed by atoms with van der Waals surface area (Å²) >= 11 is 0. The number of nitrogens with zero attached hydrogens (tertiary/aromatic N) is 1. The van der Waals surface area contributed by atoms with Gasteiger partial charge in [-0.15, -0.1) is 0 Å². The minimum absolute atomic E-state index is 0.124. The SMILES string of the molecule is CC(C)(C)OC(=O)N1CCC(NC2(C(F)(F)F)CC2)C1. The largest absolute Gasteiger partial charge is 0.444 e. The van der Waals surface area contributed by atoms with Gasteiger partial charge in [-0.25, -0.2) is 4.79 Å². The molecule has 1 aliphatic carbocycles. The minimum Gasteiger partial charge on any atom is -0.444 e. The number of carbonyl (C=O) groups excluding carboxylic acids is 1. The van der Waals surface area contributed by atoms with Gasteiger partial charge in [0.25, 0.3) is 0 Å². The van der Waals surface area contributed by atoms with Crippen molar-refractivity contribution in [2.75, 3.05) is 13.1 Å². The lowest BCUT2D eigenvalue weighted by molar-refractivity contribution is -0.167. The fourth-order valence-electron chi connectivity index (χ4n) is 2.40. The monoisotopic (exact) mass is 294 g/mol. The number of nitrogens with one attached hydrogen (secondary N) is 1. The summed E-state index contributed by atoms with van der Waals surface area (Å²) in [6.07, 6.45) is -3.90. The Morgan fingerprint density at radius 3 is 2.35 bits per heavy atom. The number of hydrogen-bond donors (Lipinski definition) is 1. The summed E-state index contributed by atoms with van der Waals surface area (Å²) < 4.78 is 43.8. The molecule has 1 heterocycles. The maximum absolute atomic E-state index is 12.9. The quantitative estimate of drug-likeness (QED) is 0.851. The van der Waals surface area contributed by atoms with Crippen LogP contribution in [-0.4, -0.2) is 47.4 Å². The smallest absolute Gasteiger partial charge is 0.410 e. The van der Waals surface area contributed by atoms with Crippen molar-refractivity contribution in [3.63, 3.8) is 0 Å².